The molecule has 12 aliphatic rings. The molecule has 59 heteroatoms. The number of aliphatic hydroxyl groups excluding tert-OH is 32. The third-order valence-electron chi connectivity index (χ3n) is 25.7. The summed E-state index contributed by atoms with van der Waals surface area (Å²) in [6, 6.07) is -4.37. The van der Waals surface area contributed by atoms with Crippen molar-refractivity contribution in [1.82, 2.24) is 10.6 Å². The van der Waals surface area contributed by atoms with Gasteiger partial charge in [0.1, 0.15) is 268 Å². The van der Waals surface area contributed by atoms with E-state index in [9.17, 15) is 173 Å². The zero-order valence-electron chi connectivity index (χ0n) is 72.8. The number of hydrogen-bond donors (Lipinski definition) is 34. The molecule has 1 unspecified atom stereocenters. The Labute approximate surface area is 764 Å². The van der Waals surface area contributed by atoms with Gasteiger partial charge in [-0.2, -0.15) is 0 Å². The topological polar surface area (TPSA) is 918 Å². The van der Waals surface area contributed by atoms with Gasteiger partial charge in [-0.25, -0.2) is 0 Å². The van der Waals surface area contributed by atoms with Gasteiger partial charge in [-0.1, -0.05) is 0 Å². The number of aliphatic hydroxyl groups is 32. The van der Waals surface area contributed by atoms with Gasteiger partial charge in [-0.15, -0.1) is 0 Å². The first kappa shape index (κ1) is 111. The predicted octanol–water partition coefficient (Wildman–Crippen LogP) is -22.8. The van der Waals surface area contributed by atoms with Gasteiger partial charge in [0, 0.05) is 13.8 Å². The molecule has 34 N–H and O–H groups in total. The molecule has 0 saturated carbocycles. The van der Waals surface area contributed by atoms with Crippen LogP contribution in [0.25, 0.3) is 0 Å². The standard InChI is InChI=1S/C76H128N2O57/c1-15-31(88)38(95)47(104)68(114-15)131-60-29(77-19(5)86)65(112)118-28(14-113-67-52(109)45(102)55(18(4)117-67)126-73-53(110)46(103)56(25(11-83)124-73)127-70-49(106)40(97)34(91)21(7-79)119-70)59(60)128-66-30(78-20(6)87)61(132-75-63(43(100)33(90)17(3)116-75)135-72-51(108)42(99)36(93)23(9-81)121-72)57(26(12-84)123-66)129-74-54(111)62(133-71-50(107)41(98)35(92)22(8-80)120-71)58(27(13-85)125-74)130-76-64(44(101)37(94)24(10-82)122-76)134-69-48(105)39(96)32(89)16(2)115-69/h15-18,21-76,79-85,88-112H,7-14H2,1-6H3,(H,77,86)(H,78,87)/t15-,16-,17-,18-,21+,22+,23+,24+,25+,26+,27+,28+,29+,30+,31+,32+,33+,34-,35+,36-,37-,38+,39+,40-,41-,42-,43+,44-,45-,46+,47-,48-,49+,50-,51+,52-,53+,54-,55+,56-,57+,58+,59+,60+,61+,62+,63-,64+,65+,66-,67+,68-,69-,70-,71+,72?,73-,74-,75-,76-/m0/s1. The number of amides is 2. The van der Waals surface area contributed by atoms with Gasteiger partial charge in [0.15, 0.2) is 75.5 Å². The highest BCUT2D eigenvalue weighted by atomic mass is 16.8. The summed E-state index contributed by atoms with van der Waals surface area (Å²) in [6.07, 6.45) is -123. The van der Waals surface area contributed by atoms with E-state index in [0.717, 1.165) is 20.8 Å². The average Bonchev–Trinajstić information content (AvgIpc) is 0.757. The van der Waals surface area contributed by atoms with Crippen LogP contribution in [0.4, 0.5) is 0 Å². The summed E-state index contributed by atoms with van der Waals surface area (Å²) >= 11 is 0. The Bertz CT molecular complexity index is 3650. The quantitative estimate of drug-likeness (QED) is 0.0297. The van der Waals surface area contributed by atoms with Gasteiger partial charge in [-0.05, 0) is 27.7 Å². The Kier molecular flexibility index (Phi) is 38.7. The highest BCUT2D eigenvalue weighted by Gasteiger charge is 2.64. The number of carbonyl (C=O) groups is 2. The van der Waals surface area contributed by atoms with E-state index in [1.165, 1.54) is 20.8 Å². The van der Waals surface area contributed by atoms with E-state index < -0.39 is 433 Å². The van der Waals surface area contributed by atoms with E-state index in [-0.39, 0.29) is 0 Å². The summed E-state index contributed by atoms with van der Waals surface area (Å²) in [6.45, 7) is -2.78. The zero-order valence-corrected chi connectivity index (χ0v) is 72.8. The van der Waals surface area contributed by atoms with Crippen molar-refractivity contribution in [1.29, 1.82) is 0 Å². The fraction of sp³-hybridized carbons (Fsp3) is 0.974. The largest absolute Gasteiger partial charge is 0.394 e. The van der Waals surface area contributed by atoms with Crippen molar-refractivity contribution in [2.45, 2.75) is 410 Å². The maximum absolute atomic E-state index is 14.3. The number of hydrogen-bond acceptors (Lipinski definition) is 57. The van der Waals surface area contributed by atoms with Crippen LogP contribution in [-0.2, 0) is 119 Å². The molecule has 12 saturated heterocycles. The van der Waals surface area contributed by atoms with Crippen molar-refractivity contribution >= 4 is 11.8 Å². The van der Waals surface area contributed by atoms with E-state index in [0.29, 0.717) is 0 Å². The van der Waals surface area contributed by atoms with Crippen LogP contribution in [0.2, 0.25) is 0 Å². The molecule has 0 aliphatic carbocycles. The monoisotopic (exact) mass is 1980 g/mol. The van der Waals surface area contributed by atoms with E-state index in [1.807, 2.05) is 0 Å². The zero-order chi connectivity index (χ0) is 99.1. The lowest BCUT2D eigenvalue weighted by Crippen LogP contribution is -2.73. The summed E-state index contributed by atoms with van der Waals surface area (Å²) < 4.78 is 140. The highest BCUT2D eigenvalue weighted by molar-refractivity contribution is 5.73. The summed E-state index contributed by atoms with van der Waals surface area (Å²) in [5.74, 6) is -2.17. The molecular formula is C76H128N2O57. The maximum Gasteiger partial charge on any atom is 0.217 e. The Morgan fingerprint density at radius 1 is 0.207 bits per heavy atom. The second-order valence-electron chi connectivity index (χ2n) is 35.0. The van der Waals surface area contributed by atoms with Gasteiger partial charge in [0.05, 0.1) is 77.3 Å². The number of ether oxygens (including phenoxy) is 23. The lowest BCUT2D eigenvalue weighted by Gasteiger charge is -2.53. The summed E-state index contributed by atoms with van der Waals surface area (Å²) in [5, 5.41) is 363. The first-order chi connectivity index (χ1) is 63.8. The Morgan fingerprint density at radius 2 is 0.452 bits per heavy atom. The molecule has 2 amide bonds. The number of nitrogens with one attached hydrogen (secondary N) is 2. The molecule has 12 rings (SSSR count). The third-order valence-corrected chi connectivity index (χ3v) is 25.7. The predicted molar refractivity (Wildman–Crippen MR) is 413 cm³/mol. The molecule has 0 aromatic rings. The molecule has 135 heavy (non-hydrogen) atoms. The van der Waals surface area contributed by atoms with Crippen LogP contribution in [0, 0.1) is 0 Å². The molecule has 0 radical (unpaired) electrons. The van der Waals surface area contributed by atoms with Crippen molar-refractivity contribution in [3.8, 4) is 0 Å². The first-order valence-electron chi connectivity index (χ1n) is 43.6. The molecule has 0 aromatic carbocycles. The lowest BCUT2D eigenvalue weighted by molar-refractivity contribution is -0.415. The van der Waals surface area contributed by atoms with Gasteiger partial charge < -0.3 is 283 Å². The van der Waals surface area contributed by atoms with Crippen LogP contribution in [0.1, 0.15) is 41.5 Å². The molecule has 59 nitrogen and oxygen atoms in total. The van der Waals surface area contributed by atoms with Gasteiger partial charge in [-0.3, -0.25) is 9.59 Å². The van der Waals surface area contributed by atoms with E-state index in [1.54, 1.807) is 0 Å². The van der Waals surface area contributed by atoms with Crippen LogP contribution >= 0.6 is 0 Å². The van der Waals surface area contributed by atoms with Gasteiger partial charge in [0.2, 0.25) is 11.8 Å². The minimum atomic E-state index is -2.71. The summed E-state index contributed by atoms with van der Waals surface area (Å²) in [4.78, 5) is 27.8. The first-order valence-corrected chi connectivity index (χ1v) is 43.6. The fourth-order valence-electron chi connectivity index (χ4n) is 17.9. The molecule has 12 heterocycles. The number of carbonyl (C=O) groups excluding carboxylic acids is 2. The van der Waals surface area contributed by atoms with Crippen LogP contribution in [0.5, 0.6) is 0 Å². The molecular weight excluding hydrogens is 1850 g/mol. The molecule has 0 bridgehead atoms. The molecule has 0 spiro atoms. The normalized spacial score (nSPS) is 53.1. The second kappa shape index (κ2) is 47.3. The van der Waals surface area contributed by atoms with E-state index in [2.05, 4.69) is 10.6 Å². The highest BCUT2D eigenvalue weighted by Crippen LogP contribution is 2.44. The third kappa shape index (κ3) is 23.5. The van der Waals surface area contributed by atoms with Crippen LogP contribution in [-0.4, -0.2) is 596 Å². The Morgan fingerprint density at radius 3 is 0.896 bits per heavy atom. The molecule has 60 atom stereocenters. The summed E-state index contributed by atoms with van der Waals surface area (Å²) in [5.41, 5.74) is 0. The minimum absolute atomic E-state index is 0.847. The van der Waals surface area contributed by atoms with Crippen molar-refractivity contribution in [2.75, 3.05) is 52.9 Å². The second-order valence-corrected chi connectivity index (χ2v) is 35.0. The van der Waals surface area contributed by atoms with E-state index >= 15 is 0 Å². The SMILES string of the molecule is CC(=O)N[C@@H]1[C@@H](O[C@@H]2O[C@@H](C)[C@@H](O)[C@@H](O)[C@@H]2O)[C@H](O[C@@H]2O[C@H](CO)[C@@H](O[C@@H]3O[C@H](CO)[C@@H](O[C@@H]4O[C@H](CO)[C@H](O)[C@H](O)[C@H]4O[C@@H]4O[C@@H](C)[C@@H](O)[C@@H](O)[C@@H]4O)[C@H](O[C@H]4O[C@H](CO)[C@@H](O)[C@H](O)[C@@H]4O)[C@@H]3O)[C@H](O[C@@H]3O[C@@H](C)[C@@H](O)[C@@H](O)[C@@H]3OC3O[C@H](CO)[C@H](O)[C@H](O)[C@H]3O)[C@H]2NC(C)=O)[C@@H](CO[C@@H]2O[C@@H](C)[C@@H](O[C@@H]3O[C@H](CO)[C@H](O[C@@H]4O[C@H](CO)[C@H](O)[C@H](O)[C@H]4O)[C@H](O)[C@H]3O)[C@@H](O)[C@@H]2O)O[C@H]1O. The molecule has 784 valence electrons. The van der Waals surface area contributed by atoms with Crippen molar-refractivity contribution < 1.29 is 282 Å². The fourth-order valence-corrected chi connectivity index (χ4v) is 17.9. The summed E-state index contributed by atoms with van der Waals surface area (Å²) in [7, 11) is 0. The molecule has 0 aromatic heterocycles. The minimum Gasteiger partial charge on any atom is -0.394 e. The van der Waals surface area contributed by atoms with Crippen LogP contribution < -0.4 is 10.6 Å². The Hall–Kier alpha value is -3.26. The van der Waals surface area contributed by atoms with Crippen LogP contribution in [0.15, 0.2) is 0 Å². The van der Waals surface area contributed by atoms with Gasteiger partial charge in [0.25, 0.3) is 0 Å². The van der Waals surface area contributed by atoms with Crippen LogP contribution in [0.3, 0.4) is 0 Å². The lowest BCUT2D eigenvalue weighted by atomic mass is 9.92. The van der Waals surface area contributed by atoms with E-state index in [4.69, 9.17) is 109 Å². The van der Waals surface area contributed by atoms with Crippen molar-refractivity contribution in [2.24, 2.45) is 0 Å². The molecule has 12 fully saturated rings. The number of rotatable bonds is 32. The smallest absolute Gasteiger partial charge is 0.217 e. The maximum atomic E-state index is 14.3. The van der Waals surface area contributed by atoms with Crippen molar-refractivity contribution in [3.63, 3.8) is 0 Å². The molecule has 12 aliphatic heterocycles. The van der Waals surface area contributed by atoms with Crippen molar-refractivity contribution in [3.05, 3.63) is 0 Å². The average molecular weight is 1980 g/mol. The van der Waals surface area contributed by atoms with Gasteiger partial charge >= 0.3 is 0 Å². The Balaban J connectivity index is 0.920.